The third-order valence-corrected chi connectivity index (χ3v) is 4.34. The summed E-state index contributed by atoms with van der Waals surface area (Å²) in [6.07, 6.45) is 2.14. The maximum atomic E-state index is 13.0. The topological polar surface area (TPSA) is 83.6 Å². The Hall–Kier alpha value is -1.99. The minimum atomic E-state index is -0.922. The molecule has 1 aliphatic heterocycles. The van der Waals surface area contributed by atoms with Crippen LogP contribution in [-0.2, 0) is 4.74 Å². The van der Waals surface area contributed by atoms with Crippen LogP contribution in [0.15, 0.2) is 18.3 Å². The van der Waals surface area contributed by atoms with Crippen molar-refractivity contribution in [1.82, 2.24) is 20.5 Å². The molecule has 1 aromatic heterocycles. The molecule has 2 amide bonds. The molecule has 0 radical (unpaired) electrons. The molecule has 0 aromatic carbocycles. The zero-order valence-electron chi connectivity index (χ0n) is 14.6. The smallest absolute Gasteiger partial charge is 0.318 e. The van der Waals surface area contributed by atoms with E-state index in [4.69, 9.17) is 4.74 Å². The fourth-order valence-electron chi connectivity index (χ4n) is 2.82. The number of nitrogens with one attached hydrogen (secondary N) is 2. The molecule has 1 aliphatic rings. The minimum Gasteiger partial charge on any atom is -0.383 e. The van der Waals surface area contributed by atoms with Crippen LogP contribution in [-0.4, -0.2) is 67.1 Å². The molecule has 24 heavy (non-hydrogen) atoms. The summed E-state index contributed by atoms with van der Waals surface area (Å²) in [6.45, 7) is 6.39. The molecule has 1 atom stereocenters. The van der Waals surface area contributed by atoms with Gasteiger partial charge in [0.05, 0.1) is 6.61 Å². The van der Waals surface area contributed by atoms with E-state index in [1.54, 1.807) is 24.3 Å². The summed E-state index contributed by atoms with van der Waals surface area (Å²) < 4.78 is 5.04. The number of rotatable bonds is 7. The molecule has 7 heteroatoms. The highest BCUT2D eigenvalue weighted by atomic mass is 16.5. The number of ether oxygens (including phenoxy) is 1. The lowest BCUT2D eigenvalue weighted by molar-refractivity contribution is 0.0858. The van der Waals surface area contributed by atoms with Crippen LogP contribution >= 0.6 is 0 Å². The van der Waals surface area contributed by atoms with Crippen molar-refractivity contribution in [2.45, 2.75) is 25.8 Å². The van der Waals surface area contributed by atoms with Crippen LogP contribution in [0.3, 0.4) is 0 Å². The predicted octanol–water partition coefficient (Wildman–Crippen LogP) is 0.983. The summed E-state index contributed by atoms with van der Waals surface area (Å²) in [4.78, 5) is 31.4. The zero-order chi connectivity index (χ0) is 17.6. The summed E-state index contributed by atoms with van der Waals surface area (Å²) >= 11 is 0. The van der Waals surface area contributed by atoms with Crippen molar-refractivity contribution in [2.75, 3.05) is 39.9 Å². The number of likely N-dealkylation sites (N-methyl/N-ethyl adjacent to an activating group) is 1. The quantitative estimate of drug-likeness (QED) is 0.726. The standard InChI is InChI=1S/C17H26N4O3/c1-4-21(9-10-24-3)16(23)20-17(7-8-18-12-17)15(22)14-6-5-13(2)19-11-14/h5-6,11,18H,4,7-10,12H2,1-3H3,(H,20,23)/t17-/m1/s1. The molecule has 1 aromatic rings. The molecule has 0 saturated carbocycles. The third-order valence-electron chi connectivity index (χ3n) is 4.34. The van der Waals surface area contributed by atoms with E-state index in [0.29, 0.717) is 44.8 Å². The van der Waals surface area contributed by atoms with Gasteiger partial charge in [-0.2, -0.15) is 0 Å². The monoisotopic (exact) mass is 334 g/mol. The van der Waals surface area contributed by atoms with Gasteiger partial charge in [0.15, 0.2) is 5.78 Å². The number of hydrogen-bond acceptors (Lipinski definition) is 5. The minimum absolute atomic E-state index is 0.101. The number of carbonyl (C=O) groups is 2. The van der Waals surface area contributed by atoms with Crippen LogP contribution in [0.2, 0.25) is 0 Å². The summed E-state index contributed by atoms with van der Waals surface area (Å²) in [5.41, 5.74) is 0.449. The summed E-state index contributed by atoms with van der Waals surface area (Å²) in [5, 5.41) is 6.14. The second-order valence-corrected chi connectivity index (χ2v) is 6.03. The Morgan fingerprint density at radius 2 is 2.25 bits per heavy atom. The number of ketones is 1. The van der Waals surface area contributed by atoms with Gasteiger partial charge < -0.3 is 20.3 Å². The second-order valence-electron chi connectivity index (χ2n) is 6.03. The highest BCUT2D eigenvalue weighted by Gasteiger charge is 2.43. The van der Waals surface area contributed by atoms with E-state index < -0.39 is 5.54 Å². The van der Waals surface area contributed by atoms with Crippen molar-refractivity contribution in [1.29, 1.82) is 0 Å². The first kappa shape index (κ1) is 18.4. The van der Waals surface area contributed by atoms with Crippen LogP contribution in [0, 0.1) is 6.92 Å². The number of nitrogens with zero attached hydrogens (tertiary/aromatic N) is 2. The van der Waals surface area contributed by atoms with E-state index >= 15 is 0 Å². The number of pyridine rings is 1. The third kappa shape index (κ3) is 4.10. The number of urea groups is 1. The number of aryl methyl sites for hydroxylation is 1. The highest BCUT2D eigenvalue weighted by Crippen LogP contribution is 2.21. The normalized spacial score (nSPS) is 20.0. The summed E-state index contributed by atoms with van der Waals surface area (Å²) in [5.74, 6) is -0.101. The average Bonchev–Trinajstić information content (AvgIpc) is 3.05. The lowest BCUT2D eigenvalue weighted by atomic mass is 9.89. The molecule has 0 aliphatic carbocycles. The molecular weight excluding hydrogens is 308 g/mol. The van der Waals surface area contributed by atoms with Crippen molar-refractivity contribution in [3.63, 3.8) is 0 Å². The van der Waals surface area contributed by atoms with Gasteiger partial charge in [-0.1, -0.05) is 0 Å². The van der Waals surface area contributed by atoms with E-state index in [2.05, 4.69) is 15.6 Å². The second kappa shape index (κ2) is 8.21. The molecule has 0 spiro atoms. The number of methoxy groups -OCH3 is 1. The van der Waals surface area contributed by atoms with Crippen molar-refractivity contribution in [3.05, 3.63) is 29.6 Å². The zero-order valence-corrected chi connectivity index (χ0v) is 14.6. The summed E-state index contributed by atoms with van der Waals surface area (Å²) in [7, 11) is 1.60. The lowest BCUT2D eigenvalue weighted by Gasteiger charge is -2.31. The molecule has 2 heterocycles. The van der Waals surface area contributed by atoms with Crippen molar-refractivity contribution in [2.24, 2.45) is 0 Å². The van der Waals surface area contributed by atoms with Crippen LogP contribution in [0.5, 0.6) is 0 Å². The molecule has 7 nitrogen and oxygen atoms in total. The Kier molecular flexibility index (Phi) is 6.28. The first-order valence-corrected chi connectivity index (χ1v) is 8.26. The van der Waals surface area contributed by atoms with Crippen molar-refractivity contribution in [3.8, 4) is 0 Å². The van der Waals surface area contributed by atoms with Gasteiger partial charge >= 0.3 is 6.03 Å². The van der Waals surface area contributed by atoms with Crippen LogP contribution in [0.4, 0.5) is 4.79 Å². The van der Waals surface area contributed by atoms with Gasteiger partial charge in [-0.3, -0.25) is 9.78 Å². The predicted molar refractivity (Wildman–Crippen MR) is 91.2 cm³/mol. The molecule has 0 unspecified atom stereocenters. The largest absolute Gasteiger partial charge is 0.383 e. The molecule has 2 N–H and O–H groups in total. The van der Waals surface area contributed by atoms with Gasteiger partial charge in [0.1, 0.15) is 5.54 Å². The van der Waals surface area contributed by atoms with Gasteiger partial charge in [0, 0.05) is 44.2 Å². The Bertz CT molecular complexity index is 568. The van der Waals surface area contributed by atoms with Gasteiger partial charge in [-0.15, -0.1) is 0 Å². The number of carbonyl (C=O) groups excluding carboxylic acids is 2. The van der Waals surface area contributed by atoms with Crippen LogP contribution in [0.1, 0.15) is 29.4 Å². The molecule has 2 rings (SSSR count). The average molecular weight is 334 g/mol. The molecular formula is C17H26N4O3. The Labute approximate surface area is 142 Å². The van der Waals surface area contributed by atoms with Gasteiger partial charge in [-0.05, 0) is 38.9 Å². The first-order valence-electron chi connectivity index (χ1n) is 8.26. The molecule has 132 valence electrons. The van der Waals surface area contributed by atoms with E-state index in [9.17, 15) is 9.59 Å². The van der Waals surface area contributed by atoms with Gasteiger partial charge in [-0.25, -0.2) is 4.79 Å². The first-order chi connectivity index (χ1) is 11.5. The lowest BCUT2D eigenvalue weighted by Crippen LogP contribution is -2.59. The molecule has 1 saturated heterocycles. The maximum Gasteiger partial charge on any atom is 0.318 e. The number of aromatic nitrogens is 1. The van der Waals surface area contributed by atoms with Gasteiger partial charge in [0.2, 0.25) is 0 Å². The Balaban J connectivity index is 2.16. The van der Waals surface area contributed by atoms with Crippen molar-refractivity contribution >= 4 is 11.8 Å². The van der Waals surface area contributed by atoms with Gasteiger partial charge in [0.25, 0.3) is 0 Å². The number of hydrogen-bond donors (Lipinski definition) is 2. The van der Waals surface area contributed by atoms with Crippen LogP contribution < -0.4 is 10.6 Å². The Morgan fingerprint density at radius 1 is 1.46 bits per heavy atom. The fraction of sp³-hybridized carbons (Fsp3) is 0.588. The fourth-order valence-corrected chi connectivity index (χ4v) is 2.82. The number of amides is 2. The van der Waals surface area contributed by atoms with E-state index in [1.807, 2.05) is 19.9 Å². The van der Waals surface area contributed by atoms with E-state index in [-0.39, 0.29) is 11.8 Å². The maximum absolute atomic E-state index is 13.0. The van der Waals surface area contributed by atoms with E-state index in [1.165, 1.54) is 0 Å². The van der Waals surface area contributed by atoms with Crippen LogP contribution in [0.25, 0.3) is 0 Å². The number of Topliss-reactive ketones (excluding diaryl/α,β-unsaturated/α-hetero) is 1. The SMILES string of the molecule is CCN(CCOC)C(=O)N[C@]1(C(=O)c2ccc(C)nc2)CCNC1. The van der Waals surface area contributed by atoms with Crippen molar-refractivity contribution < 1.29 is 14.3 Å². The molecule has 1 fully saturated rings. The highest BCUT2D eigenvalue weighted by molar-refractivity contribution is 6.05. The van der Waals surface area contributed by atoms with E-state index in [0.717, 1.165) is 5.69 Å². The summed E-state index contributed by atoms with van der Waals surface area (Å²) in [6, 6.07) is 3.33. The Morgan fingerprint density at radius 3 is 2.79 bits per heavy atom. The molecule has 0 bridgehead atoms.